The predicted octanol–water partition coefficient (Wildman–Crippen LogP) is 2.36. The topological polar surface area (TPSA) is 129 Å². The number of nitrogens with zero attached hydrogens (tertiary/aromatic N) is 4. The van der Waals surface area contributed by atoms with Crippen LogP contribution in [0.4, 0.5) is 11.6 Å². The van der Waals surface area contributed by atoms with E-state index in [4.69, 9.17) is 5.73 Å². The normalized spacial score (nSPS) is 10.3. The molecule has 1 aromatic heterocycles. The zero-order valence-corrected chi connectivity index (χ0v) is 16.9. The van der Waals surface area contributed by atoms with Crippen molar-refractivity contribution < 1.29 is 4.79 Å². The molecule has 0 aliphatic heterocycles. The first-order valence-corrected chi connectivity index (χ1v) is 9.45. The van der Waals surface area contributed by atoms with Gasteiger partial charge in [-0.15, -0.1) is 0 Å². The first kappa shape index (κ1) is 22.8. The Hall–Kier alpha value is -3.23. The molecule has 152 valence electrons. The summed E-state index contributed by atoms with van der Waals surface area (Å²) in [5.74, 6) is 0.153. The van der Waals surface area contributed by atoms with Crippen molar-refractivity contribution in [3.8, 4) is 0 Å². The number of benzene rings is 1. The number of carbonyl (C=O) groups is 1. The summed E-state index contributed by atoms with van der Waals surface area (Å²) in [6, 6.07) is 6.62. The monoisotopic (exact) mass is 387 g/mol. The first-order chi connectivity index (χ1) is 13.5. The van der Waals surface area contributed by atoms with E-state index in [-0.39, 0.29) is 5.82 Å². The molecule has 2 aromatic rings. The van der Waals surface area contributed by atoms with Gasteiger partial charge in [0, 0.05) is 18.7 Å². The molecule has 28 heavy (non-hydrogen) atoms. The molecule has 9 heteroatoms. The fourth-order valence-electron chi connectivity index (χ4n) is 2.35. The van der Waals surface area contributed by atoms with E-state index < -0.39 is 11.6 Å². The molecule has 0 aliphatic carbocycles. The van der Waals surface area contributed by atoms with Crippen LogP contribution in [0.15, 0.2) is 34.2 Å². The number of H-pyrrole nitrogens is 1. The highest BCUT2D eigenvalue weighted by molar-refractivity contribution is 5.93. The largest absolute Gasteiger partial charge is 0.366 e. The smallest absolute Gasteiger partial charge is 0.349 e. The van der Waals surface area contributed by atoms with Gasteiger partial charge in [-0.1, -0.05) is 33.8 Å². The number of hydrogen-bond donors (Lipinski definition) is 3. The van der Waals surface area contributed by atoms with E-state index in [0.717, 1.165) is 25.9 Å². The van der Waals surface area contributed by atoms with E-state index in [0.29, 0.717) is 17.2 Å². The molecule has 1 heterocycles. The Morgan fingerprint density at radius 2 is 1.93 bits per heavy atom. The number of nitrogens with one attached hydrogen (secondary N) is 2. The van der Waals surface area contributed by atoms with Gasteiger partial charge in [-0.05, 0) is 31.0 Å². The Kier molecular flexibility index (Phi) is 9.95. The summed E-state index contributed by atoms with van der Waals surface area (Å²) in [5, 5.41) is 4.04. The molecule has 0 radical (unpaired) electrons. The lowest BCUT2D eigenvalue weighted by atomic mass is 10.2. The summed E-state index contributed by atoms with van der Waals surface area (Å²) >= 11 is 0. The Labute approximate surface area is 165 Å². The molecule has 0 unspecified atom stereocenters. The highest BCUT2D eigenvalue weighted by Crippen LogP contribution is 2.10. The van der Waals surface area contributed by atoms with Crippen molar-refractivity contribution in [2.24, 2.45) is 10.8 Å². The van der Waals surface area contributed by atoms with Crippen LogP contribution in [-0.4, -0.2) is 40.2 Å². The van der Waals surface area contributed by atoms with Gasteiger partial charge >= 0.3 is 5.69 Å². The Morgan fingerprint density at radius 1 is 1.25 bits per heavy atom. The molecule has 0 aliphatic rings. The van der Waals surface area contributed by atoms with E-state index in [1.165, 1.54) is 6.21 Å². The molecule has 0 saturated heterocycles. The van der Waals surface area contributed by atoms with Crippen LogP contribution in [0.3, 0.4) is 0 Å². The van der Waals surface area contributed by atoms with Crippen molar-refractivity contribution in [2.75, 3.05) is 23.4 Å². The minimum atomic E-state index is -0.519. The second-order valence-electron chi connectivity index (χ2n) is 5.64. The number of aromatic amines is 1. The van der Waals surface area contributed by atoms with Crippen LogP contribution in [-0.2, 0) is 0 Å². The number of anilines is 2. The Balaban J connectivity index is 0.00000190. The predicted molar refractivity (Wildman–Crippen MR) is 113 cm³/mol. The van der Waals surface area contributed by atoms with Crippen molar-refractivity contribution in [2.45, 2.75) is 40.5 Å². The van der Waals surface area contributed by atoms with Gasteiger partial charge in [0.15, 0.2) is 5.82 Å². The molecule has 0 bridgehead atoms. The zero-order chi connectivity index (χ0) is 20.9. The van der Waals surface area contributed by atoms with E-state index >= 15 is 0 Å². The summed E-state index contributed by atoms with van der Waals surface area (Å²) in [4.78, 5) is 35.8. The van der Waals surface area contributed by atoms with Gasteiger partial charge in [0.2, 0.25) is 11.9 Å². The van der Waals surface area contributed by atoms with Crippen LogP contribution in [0.5, 0.6) is 0 Å². The SMILES string of the molecule is CC.CCCN(CCC)c1nc(/C=N/Nc2cccc(C(N)=O)c2)[nH]c(=O)n1. The number of rotatable bonds is 9. The number of primary amides is 1. The van der Waals surface area contributed by atoms with Gasteiger partial charge in [0.1, 0.15) is 0 Å². The van der Waals surface area contributed by atoms with Crippen LogP contribution in [0.25, 0.3) is 0 Å². The third-order valence-electron chi connectivity index (χ3n) is 3.45. The van der Waals surface area contributed by atoms with Crippen LogP contribution in [0.1, 0.15) is 56.7 Å². The van der Waals surface area contributed by atoms with Gasteiger partial charge in [-0.25, -0.2) is 4.79 Å². The van der Waals surface area contributed by atoms with E-state index in [9.17, 15) is 9.59 Å². The number of nitrogens with two attached hydrogens (primary N) is 1. The molecule has 2 rings (SSSR count). The molecular weight excluding hydrogens is 358 g/mol. The third-order valence-corrected chi connectivity index (χ3v) is 3.45. The quantitative estimate of drug-likeness (QED) is 0.447. The van der Waals surface area contributed by atoms with E-state index in [1.54, 1.807) is 24.3 Å². The summed E-state index contributed by atoms with van der Waals surface area (Å²) in [6.45, 7) is 9.66. The average molecular weight is 387 g/mol. The molecule has 0 saturated carbocycles. The standard InChI is InChI=1S/C17H23N7O2.C2H6/c1-3-8-24(9-4-2)16-20-14(21-17(26)22-16)11-19-23-13-7-5-6-12(10-13)15(18)25;1-2/h5-7,10-11,23H,3-4,8-9H2,1-2H3,(H2,18,25)(H,20,21,22,26);1-2H3/b19-11+;. The molecule has 1 aromatic carbocycles. The number of hydrazone groups is 1. The van der Waals surface area contributed by atoms with E-state index in [1.807, 2.05) is 18.7 Å². The van der Waals surface area contributed by atoms with Gasteiger partial charge in [-0.3, -0.25) is 15.2 Å². The molecule has 0 spiro atoms. The Bertz CT molecular complexity index is 827. The summed E-state index contributed by atoms with van der Waals surface area (Å²) in [6.07, 6.45) is 3.24. The summed E-state index contributed by atoms with van der Waals surface area (Å²) in [7, 11) is 0. The fourth-order valence-corrected chi connectivity index (χ4v) is 2.35. The molecule has 4 N–H and O–H groups in total. The van der Waals surface area contributed by atoms with Gasteiger partial charge in [0.25, 0.3) is 0 Å². The molecular formula is C19H29N7O2. The molecule has 9 nitrogen and oxygen atoms in total. The van der Waals surface area contributed by atoms with Crippen molar-refractivity contribution in [3.05, 3.63) is 46.1 Å². The number of aromatic nitrogens is 3. The number of carbonyl (C=O) groups excluding carboxylic acids is 1. The lowest BCUT2D eigenvalue weighted by Gasteiger charge is -2.20. The van der Waals surface area contributed by atoms with Crippen molar-refractivity contribution in [3.63, 3.8) is 0 Å². The summed E-state index contributed by atoms with van der Waals surface area (Å²) in [5.41, 5.74) is 8.50. The number of hydrogen-bond acceptors (Lipinski definition) is 7. The zero-order valence-electron chi connectivity index (χ0n) is 16.9. The van der Waals surface area contributed by atoms with Crippen LogP contribution in [0, 0.1) is 0 Å². The highest BCUT2D eigenvalue weighted by Gasteiger charge is 2.10. The van der Waals surface area contributed by atoms with Crippen LogP contribution in [0.2, 0.25) is 0 Å². The highest BCUT2D eigenvalue weighted by atomic mass is 16.1. The third kappa shape index (κ3) is 7.18. The van der Waals surface area contributed by atoms with Crippen LogP contribution < -0.4 is 21.7 Å². The number of amides is 1. The first-order valence-electron chi connectivity index (χ1n) is 9.45. The summed E-state index contributed by atoms with van der Waals surface area (Å²) < 4.78 is 0. The maximum atomic E-state index is 11.8. The minimum absolute atomic E-state index is 0.288. The maximum absolute atomic E-state index is 11.8. The Morgan fingerprint density at radius 3 is 2.54 bits per heavy atom. The molecule has 1 amide bonds. The lowest BCUT2D eigenvalue weighted by Crippen LogP contribution is -2.30. The molecule has 0 fully saturated rings. The second-order valence-corrected chi connectivity index (χ2v) is 5.64. The van der Waals surface area contributed by atoms with Crippen molar-refractivity contribution in [1.29, 1.82) is 0 Å². The maximum Gasteiger partial charge on any atom is 0.349 e. The average Bonchev–Trinajstić information content (AvgIpc) is 2.69. The van der Waals surface area contributed by atoms with E-state index in [2.05, 4.69) is 39.3 Å². The fraction of sp³-hybridized carbons (Fsp3) is 0.421. The van der Waals surface area contributed by atoms with Crippen LogP contribution >= 0.6 is 0 Å². The second kappa shape index (κ2) is 12.2. The van der Waals surface area contributed by atoms with Crippen molar-refractivity contribution >= 4 is 23.8 Å². The van der Waals surface area contributed by atoms with Gasteiger partial charge in [0.05, 0.1) is 11.9 Å². The van der Waals surface area contributed by atoms with Gasteiger partial charge in [-0.2, -0.15) is 15.1 Å². The lowest BCUT2D eigenvalue weighted by molar-refractivity contribution is 0.100. The van der Waals surface area contributed by atoms with Gasteiger partial charge < -0.3 is 10.6 Å². The minimum Gasteiger partial charge on any atom is -0.366 e. The van der Waals surface area contributed by atoms with Crippen molar-refractivity contribution in [1.82, 2.24) is 15.0 Å². The molecule has 0 atom stereocenters.